The predicted molar refractivity (Wildman–Crippen MR) is 122 cm³/mol. The topological polar surface area (TPSA) is 64.0 Å². The van der Waals surface area contributed by atoms with E-state index in [9.17, 15) is 14.0 Å². The van der Waals surface area contributed by atoms with E-state index in [1.165, 1.54) is 28.5 Å². The molecule has 0 saturated heterocycles. The molecule has 4 rings (SSSR count). The van der Waals surface area contributed by atoms with Gasteiger partial charge in [-0.3, -0.25) is 14.2 Å². The molecule has 1 N–H and O–H groups in total. The number of aromatic nitrogens is 2. The molecular weight excluding hydrogens is 413 g/mol. The minimum absolute atomic E-state index is 0.0993. The molecule has 4 aromatic rings. The zero-order valence-corrected chi connectivity index (χ0v) is 17.7. The summed E-state index contributed by atoms with van der Waals surface area (Å²) < 4.78 is 14.8. The average molecular weight is 434 g/mol. The van der Waals surface area contributed by atoms with Gasteiger partial charge in [-0.2, -0.15) is 0 Å². The van der Waals surface area contributed by atoms with Gasteiger partial charge in [0.15, 0.2) is 5.16 Å². The number of halogens is 1. The van der Waals surface area contributed by atoms with Crippen molar-refractivity contribution in [2.45, 2.75) is 18.6 Å². The van der Waals surface area contributed by atoms with E-state index >= 15 is 0 Å². The quantitative estimate of drug-likeness (QED) is 0.356. The van der Waals surface area contributed by atoms with Gasteiger partial charge in [-0.15, -0.1) is 0 Å². The summed E-state index contributed by atoms with van der Waals surface area (Å²) in [5.41, 5.74) is 2.92. The highest BCUT2D eigenvalue weighted by molar-refractivity contribution is 7.99. The van der Waals surface area contributed by atoms with Crippen molar-refractivity contribution in [1.82, 2.24) is 9.55 Å². The van der Waals surface area contributed by atoms with Gasteiger partial charge in [-0.25, -0.2) is 9.37 Å². The van der Waals surface area contributed by atoms with E-state index in [-0.39, 0.29) is 29.6 Å². The van der Waals surface area contributed by atoms with Crippen LogP contribution >= 0.6 is 11.8 Å². The zero-order valence-electron chi connectivity index (χ0n) is 16.8. The summed E-state index contributed by atoms with van der Waals surface area (Å²) in [6.45, 7) is 2.19. The van der Waals surface area contributed by atoms with E-state index in [4.69, 9.17) is 0 Å². The molecule has 0 bridgehead atoms. The molecule has 0 spiro atoms. The van der Waals surface area contributed by atoms with Crippen LogP contribution in [-0.4, -0.2) is 21.2 Å². The first-order valence-electron chi connectivity index (χ1n) is 9.73. The van der Waals surface area contributed by atoms with Crippen molar-refractivity contribution in [2.75, 3.05) is 11.1 Å². The number of rotatable bonds is 6. The number of aryl methyl sites for hydroxylation is 1. The summed E-state index contributed by atoms with van der Waals surface area (Å²) in [5.74, 6) is -0.427. The van der Waals surface area contributed by atoms with Crippen molar-refractivity contribution < 1.29 is 9.18 Å². The predicted octanol–water partition coefficient (Wildman–Crippen LogP) is 4.62. The molecule has 5 nitrogen and oxygen atoms in total. The lowest BCUT2D eigenvalue weighted by Gasteiger charge is -2.13. The summed E-state index contributed by atoms with van der Waals surface area (Å²) >= 11 is 1.20. The highest BCUT2D eigenvalue weighted by Gasteiger charge is 2.14. The van der Waals surface area contributed by atoms with Crippen molar-refractivity contribution in [1.29, 1.82) is 0 Å². The van der Waals surface area contributed by atoms with Crippen LogP contribution in [0.5, 0.6) is 0 Å². The monoisotopic (exact) mass is 433 g/mol. The molecule has 0 fully saturated rings. The van der Waals surface area contributed by atoms with Gasteiger partial charge < -0.3 is 5.32 Å². The lowest BCUT2D eigenvalue weighted by atomic mass is 10.2. The van der Waals surface area contributed by atoms with E-state index in [0.717, 1.165) is 16.8 Å². The first-order valence-corrected chi connectivity index (χ1v) is 10.7. The second kappa shape index (κ2) is 9.14. The number of para-hydroxylation sites is 1. The molecule has 1 heterocycles. The molecule has 0 radical (unpaired) electrons. The molecule has 0 aliphatic heterocycles. The number of benzene rings is 3. The maximum Gasteiger partial charge on any atom is 0.262 e. The number of hydrogen-bond donors (Lipinski definition) is 1. The van der Waals surface area contributed by atoms with Crippen molar-refractivity contribution in [3.05, 3.63) is 100 Å². The Morgan fingerprint density at radius 1 is 1.06 bits per heavy atom. The van der Waals surface area contributed by atoms with Crippen LogP contribution in [0.2, 0.25) is 0 Å². The van der Waals surface area contributed by atoms with Crippen molar-refractivity contribution in [2.24, 2.45) is 0 Å². The summed E-state index contributed by atoms with van der Waals surface area (Å²) in [6, 6.07) is 20.6. The lowest BCUT2D eigenvalue weighted by Crippen LogP contribution is -2.25. The maximum atomic E-state index is 13.3. The molecule has 156 valence electrons. The Morgan fingerprint density at radius 2 is 1.84 bits per heavy atom. The molecule has 31 heavy (non-hydrogen) atoms. The molecule has 1 aromatic heterocycles. The van der Waals surface area contributed by atoms with E-state index < -0.39 is 0 Å². The van der Waals surface area contributed by atoms with Gasteiger partial charge in [0.2, 0.25) is 5.91 Å². The van der Waals surface area contributed by atoms with Crippen LogP contribution in [0.15, 0.2) is 82.7 Å². The third-order valence-corrected chi connectivity index (χ3v) is 5.69. The van der Waals surface area contributed by atoms with Crippen LogP contribution < -0.4 is 10.9 Å². The van der Waals surface area contributed by atoms with Crippen LogP contribution in [0.1, 0.15) is 11.1 Å². The second-order valence-electron chi connectivity index (χ2n) is 7.14. The van der Waals surface area contributed by atoms with Gasteiger partial charge in [-0.05, 0) is 54.4 Å². The summed E-state index contributed by atoms with van der Waals surface area (Å²) in [6.07, 6.45) is 0. The van der Waals surface area contributed by atoms with E-state index in [1.54, 1.807) is 30.3 Å². The first-order chi connectivity index (χ1) is 15.0. The van der Waals surface area contributed by atoms with Gasteiger partial charge >= 0.3 is 0 Å². The minimum atomic E-state index is -0.338. The van der Waals surface area contributed by atoms with Crippen LogP contribution in [-0.2, 0) is 11.3 Å². The minimum Gasteiger partial charge on any atom is -0.325 e. The molecule has 0 atom stereocenters. The zero-order chi connectivity index (χ0) is 21.8. The Morgan fingerprint density at radius 3 is 2.61 bits per heavy atom. The molecule has 0 aliphatic carbocycles. The maximum absolute atomic E-state index is 13.3. The number of carbonyl (C=O) groups is 1. The molecule has 0 aliphatic rings. The van der Waals surface area contributed by atoms with Gasteiger partial charge in [0.1, 0.15) is 5.82 Å². The van der Waals surface area contributed by atoms with E-state index in [0.29, 0.717) is 16.1 Å². The third kappa shape index (κ3) is 5.00. The molecule has 7 heteroatoms. The van der Waals surface area contributed by atoms with Crippen LogP contribution in [0, 0.1) is 12.7 Å². The summed E-state index contributed by atoms with van der Waals surface area (Å²) in [7, 11) is 0. The number of amides is 1. The Hall–Kier alpha value is -3.45. The smallest absolute Gasteiger partial charge is 0.262 e. The summed E-state index contributed by atoms with van der Waals surface area (Å²) in [4.78, 5) is 30.2. The van der Waals surface area contributed by atoms with Crippen molar-refractivity contribution >= 4 is 34.3 Å². The first kappa shape index (κ1) is 20.8. The fraction of sp³-hybridized carbons (Fsp3) is 0.125. The van der Waals surface area contributed by atoms with E-state index in [2.05, 4.69) is 10.3 Å². The molecule has 0 unspecified atom stereocenters. The third-order valence-electron chi connectivity index (χ3n) is 4.71. The Bertz CT molecular complexity index is 1300. The fourth-order valence-corrected chi connectivity index (χ4v) is 4.02. The SMILES string of the molecule is Cc1cccc(NC(=O)CSc2nc3ccccc3c(=O)n2Cc2ccc(F)cc2)c1. The highest BCUT2D eigenvalue weighted by Crippen LogP contribution is 2.20. The number of fused-ring (bicyclic) bond motifs is 1. The molecule has 3 aromatic carbocycles. The standard InChI is InChI=1S/C24H20FN3O2S/c1-16-5-4-6-19(13-16)26-22(29)15-31-24-27-21-8-3-2-7-20(21)23(30)28(24)14-17-9-11-18(25)12-10-17/h2-13H,14-15H2,1H3,(H,26,29). The Kier molecular flexibility index (Phi) is 6.13. The highest BCUT2D eigenvalue weighted by atomic mass is 32.2. The van der Waals surface area contributed by atoms with Crippen LogP contribution in [0.25, 0.3) is 10.9 Å². The molecule has 0 saturated carbocycles. The fourth-order valence-electron chi connectivity index (χ4n) is 3.22. The number of hydrogen-bond acceptors (Lipinski definition) is 4. The van der Waals surface area contributed by atoms with Gasteiger partial charge in [-0.1, -0.05) is 48.2 Å². The number of anilines is 1. The van der Waals surface area contributed by atoms with Crippen LogP contribution in [0.3, 0.4) is 0 Å². The Balaban J connectivity index is 1.61. The lowest BCUT2D eigenvalue weighted by molar-refractivity contribution is -0.113. The van der Waals surface area contributed by atoms with Crippen LogP contribution in [0.4, 0.5) is 10.1 Å². The number of thioether (sulfide) groups is 1. The molecular formula is C24H20FN3O2S. The summed E-state index contributed by atoms with van der Waals surface area (Å²) in [5, 5.41) is 3.80. The second-order valence-corrected chi connectivity index (χ2v) is 8.08. The van der Waals surface area contributed by atoms with Crippen molar-refractivity contribution in [3.8, 4) is 0 Å². The van der Waals surface area contributed by atoms with E-state index in [1.807, 2.05) is 37.3 Å². The Labute approximate surface area is 182 Å². The van der Waals surface area contributed by atoms with Gasteiger partial charge in [0.25, 0.3) is 5.56 Å². The normalized spacial score (nSPS) is 10.9. The van der Waals surface area contributed by atoms with Gasteiger partial charge in [0, 0.05) is 5.69 Å². The van der Waals surface area contributed by atoms with Crippen molar-refractivity contribution in [3.63, 3.8) is 0 Å². The average Bonchev–Trinajstić information content (AvgIpc) is 2.76. The number of carbonyl (C=O) groups excluding carboxylic acids is 1. The molecule has 1 amide bonds. The van der Waals surface area contributed by atoms with Gasteiger partial charge in [0.05, 0.1) is 23.2 Å². The number of nitrogens with zero attached hydrogens (tertiary/aromatic N) is 2. The largest absolute Gasteiger partial charge is 0.325 e. The number of nitrogens with one attached hydrogen (secondary N) is 1.